The lowest BCUT2D eigenvalue weighted by Gasteiger charge is -2.35. The SMILES string of the molecule is CC1=N[C@@]2(c3ccccc3F)CO[C@H](C)[C@H]2CS1. The molecule has 0 radical (unpaired) electrons. The van der Waals surface area contributed by atoms with Gasteiger partial charge in [0.1, 0.15) is 11.4 Å². The van der Waals surface area contributed by atoms with Crippen LogP contribution >= 0.6 is 11.8 Å². The first-order chi connectivity index (χ1) is 8.63. The van der Waals surface area contributed by atoms with Crippen LogP contribution in [0.3, 0.4) is 0 Å². The Morgan fingerprint density at radius 3 is 3.00 bits per heavy atom. The molecular weight excluding hydrogens is 249 g/mol. The number of ether oxygens (including phenoxy) is 1. The van der Waals surface area contributed by atoms with Crippen LogP contribution in [-0.4, -0.2) is 23.5 Å². The van der Waals surface area contributed by atoms with Crippen molar-refractivity contribution in [1.82, 2.24) is 0 Å². The highest BCUT2D eigenvalue weighted by molar-refractivity contribution is 8.13. The van der Waals surface area contributed by atoms with E-state index in [-0.39, 0.29) is 17.8 Å². The van der Waals surface area contributed by atoms with E-state index < -0.39 is 5.54 Å². The lowest BCUT2D eigenvalue weighted by molar-refractivity contribution is 0.107. The fourth-order valence-electron chi connectivity index (χ4n) is 2.93. The van der Waals surface area contributed by atoms with Crippen molar-refractivity contribution in [3.05, 3.63) is 35.6 Å². The fourth-order valence-corrected chi connectivity index (χ4v) is 4.13. The van der Waals surface area contributed by atoms with Gasteiger partial charge in [0.2, 0.25) is 0 Å². The predicted octanol–water partition coefficient (Wildman–Crippen LogP) is 3.22. The van der Waals surface area contributed by atoms with E-state index in [1.165, 1.54) is 6.07 Å². The van der Waals surface area contributed by atoms with Crippen molar-refractivity contribution < 1.29 is 9.13 Å². The molecule has 4 heteroatoms. The molecule has 0 N–H and O–H groups in total. The Morgan fingerprint density at radius 1 is 1.44 bits per heavy atom. The number of thioether (sulfide) groups is 1. The van der Waals surface area contributed by atoms with Gasteiger partial charge in [0.25, 0.3) is 0 Å². The van der Waals surface area contributed by atoms with Gasteiger partial charge in [-0.3, -0.25) is 4.99 Å². The molecule has 2 heterocycles. The zero-order valence-corrected chi connectivity index (χ0v) is 11.3. The summed E-state index contributed by atoms with van der Waals surface area (Å²) in [5, 5.41) is 1.02. The maximum absolute atomic E-state index is 14.1. The van der Waals surface area contributed by atoms with Gasteiger partial charge in [-0.2, -0.15) is 0 Å². The normalized spacial score (nSPS) is 35.2. The van der Waals surface area contributed by atoms with Crippen LogP contribution in [0.25, 0.3) is 0 Å². The molecule has 1 aromatic carbocycles. The molecule has 2 aliphatic rings. The average molecular weight is 265 g/mol. The molecule has 1 saturated heterocycles. The van der Waals surface area contributed by atoms with E-state index in [0.717, 1.165) is 10.8 Å². The minimum absolute atomic E-state index is 0.133. The molecule has 96 valence electrons. The molecule has 0 amide bonds. The smallest absolute Gasteiger partial charge is 0.128 e. The Morgan fingerprint density at radius 2 is 2.22 bits per heavy atom. The first-order valence-corrected chi connectivity index (χ1v) is 7.18. The highest BCUT2D eigenvalue weighted by atomic mass is 32.2. The quantitative estimate of drug-likeness (QED) is 0.777. The minimum atomic E-state index is -0.514. The monoisotopic (exact) mass is 265 g/mol. The third-order valence-corrected chi connectivity index (χ3v) is 4.95. The van der Waals surface area contributed by atoms with Gasteiger partial charge in [0.15, 0.2) is 0 Å². The number of hydrogen-bond donors (Lipinski definition) is 0. The minimum Gasteiger partial charge on any atom is -0.375 e. The first-order valence-electron chi connectivity index (χ1n) is 6.19. The third kappa shape index (κ3) is 1.70. The molecule has 1 fully saturated rings. The fraction of sp³-hybridized carbons (Fsp3) is 0.500. The summed E-state index contributed by atoms with van der Waals surface area (Å²) in [6.07, 6.45) is 0.133. The molecule has 0 aliphatic carbocycles. The number of benzene rings is 1. The standard InChI is InChI=1S/C14H16FNOS/c1-9-12-7-18-10(2)16-14(12,8-17-9)11-5-3-4-6-13(11)15/h3-6,9,12H,7-8H2,1-2H3/t9-,12-,14-/m1/s1. The predicted molar refractivity (Wildman–Crippen MR) is 72.5 cm³/mol. The average Bonchev–Trinajstić information content (AvgIpc) is 2.68. The Balaban J connectivity index is 2.16. The topological polar surface area (TPSA) is 21.6 Å². The molecule has 0 saturated carbocycles. The number of fused-ring (bicyclic) bond motifs is 1. The zero-order chi connectivity index (χ0) is 12.8. The van der Waals surface area contributed by atoms with Gasteiger partial charge in [-0.25, -0.2) is 4.39 Å². The van der Waals surface area contributed by atoms with Crippen molar-refractivity contribution >= 4 is 16.8 Å². The van der Waals surface area contributed by atoms with Crippen LogP contribution in [0, 0.1) is 11.7 Å². The largest absolute Gasteiger partial charge is 0.375 e. The second-order valence-electron chi connectivity index (χ2n) is 4.97. The summed E-state index contributed by atoms with van der Waals surface area (Å²) in [7, 11) is 0. The molecule has 3 rings (SSSR count). The van der Waals surface area contributed by atoms with Gasteiger partial charge in [-0.15, -0.1) is 11.8 Å². The summed E-state index contributed by atoms with van der Waals surface area (Å²) in [5.74, 6) is 1.02. The summed E-state index contributed by atoms with van der Waals surface area (Å²) >= 11 is 1.74. The number of nitrogens with zero attached hydrogens (tertiary/aromatic N) is 1. The van der Waals surface area contributed by atoms with Crippen molar-refractivity contribution in [3.8, 4) is 0 Å². The zero-order valence-electron chi connectivity index (χ0n) is 10.5. The van der Waals surface area contributed by atoms with Crippen LogP contribution in [0.15, 0.2) is 29.3 Å². The second kappa shape index (κ2) is 4.35. The molecule has 0 aromatic heterocycles. The summed E-state index contributed by atoms with van der Waals surface area (Å²) in [6, 6.07) is 6.95. The number of rotatable bonds is 1. The highest BCUT2D eigenvalue weighted by Crippen LogP contribution is 2.48. The van der Waals surface area contributed by atoms with Crippen LogP contribution in [0.2, 0.25) is 0 Å². The summed E-state index contributed by atoms with van der Waals surface area (Å²) in [6.45, 7) is 4.54. The molecule has 2 nitrogen and oxygen atoms in total. The first kappa shape index (κ1) is 12.2. The van der Waals surface area contributed by atoms with Crippen LogP contribution in [0.5, 0.6) is 0 Å². The molecule has 18 heavy (non-hydrogen) atoms. The Labute approximate surface area is 111 Å². The highest BCUT2D eigenvalue weighted by Gasteiger charge is 2.52. The molecule has 0 unspecified atom stereocenters. The van der Waals surface area contributed by atoms with Gasteiger partial charge >= 0.3 is 0 Å². The van der Waals surface area contributed by atoms with Crippen LogP contribution in [-0.2, 0) is 10.3 Å². The van der Waals surface area contributed by atoms with E-state index >= 15 is 0 Å². The van der Waals surface area contributed by atoms with Crippen molar-refractivity contribution in [2.45, 2.75) is 25.5 Å². The molecule has 1 aromatic rings. The lowest BCUT2D eigenvalue weighted by Crippen LogP contribution is -2.40. The molecule has 0 bridgehead atoms. The summed E-state index contributed by atoms with van der Waals surface area (Å²) < 4.78 is 19.9. The Bertz CT molecular complexity index is 504. The van der Waals surface area contributed by atoms with Gasteiger partial charge in [0, 0.05) is 17.2 Å². The lowest BCUT2D eigenvalue weighted by atomic mass is 9.79. The maximum Gasteiger partial charge on any atom is 0.128 e. The number of halogens is 1. The number of aliphatic imine (C=N–C) groups is 1. The summed E-state index contributed by atoms with van der Waals surface area (Å²) in [5.41, 5.74) is 0.166. The van der Waals surface area contributed by atoms with E-state index in [1.54, 1.807) is 17.8 Å². The van der Waals surface area contributed by atoms with Crippen molar-refractivity contribution in [2.75, 3.05) is 12.4 Å². The molecule has 3 atom stereocenters. The van der Waals surface area contributed by atoms with Gasteiger partial charge in [-0.05, 0) is 19.9 Å². The van der Waals surface area contributed by atoms with E-state index in [1.807, 2.05) is 19.1 Å². The van der Waals surface area contributed by atoms with E-state index in [4.69, 9.17) is 9.73 Å². The molecular formula is C14H16FNOS. The van der Waals surface area contributed by atoms with Crippen LogP contribution < -0.4 is 0 Å². The van der Waals surface area contributed by atoms with Gasteiger partial charge in [-0.1, -0.05) is 18.2 Å². The Kier molecular flexibility index (Phi) is 2.94. The van der Waals surface area contributed by atoms with Gasteiger partial charge < -0.3 is 4.74 Å². The second-order valence-corrected chi connectivity index (χ2v) is 6.18. The van der Waals surface area contributed by atoms with E-state index in [0.29, 0.717) is 12.2 Å². The number of hydrogen-bond acceptors (Lipinski definition) is 3. The van der Waals surface area contributed by atoms with E-state index in [2.05, 4.69) is 6.92 Å². The summed E-state index contributed by atoms with van der Waals surface area (Å²) in [4.78, 5) is 4.77. The van der Waals surface area contributed by atoms with Crippen molar-refractivity contribution in [2.24, 2.45) is 10.9 Å². The third-order valence-electron chi connectivity index (χ3n) is 3.92. The van der Waals surface area contributed by atoms with Crippen molar-refractivity contribution in [3.63, 3.8) is 0 Å². The maximum atomic E-state index is 14.1. The van der Waals surface area contributed by atoms with Gasteiger partial charge in [0.05, 0.1) is 17.8 Å². The van der Waals surface area contributed by atoms with Crippen LogP contribution in [0.1, 0.15) is 19.4 Å². The van der Waals surface area contributed by atoms with E-state index in [9.17, 15) is 4.39 Å². The van der Waals surface area contributed by atoms with Crippen molar-refractivity contribution in [1.29, 1.82) is 0 Å². The van der Waals surface area contributed by atoms with Crippen LogP contribution in [0.4, 0.5) is 4.39 Å². The Hall–Kier alpha value is -0.870. The molecule has 0 spiro atoms. The molecule has 2 aliphatic heterocycles.